The van der Waals surface area contributed by atoms with Gasteiger partial charge in [-0.05, 0) is 111 Å². The quantitative estimate of drug-likeness (QED) is 0.593. The maximum Gasteiger partial charge on any atom is 0.219 e. The van der Waals surface area contributed by atoms with Crippen LogP contribution in [0, 0.1) is 52.3 Å². The van der Waals surface area contributed by atoms with Gasteiger partial charge in [-0.2, -0.15) is 0 Å². The Bertz CT molecular complexity index is 634. The number of hydrogen-bond acceptors (Lipinski definition) is 2. The number of carbonyl (C=O) groups excluding carboxylic acids is 1. The summed E-state index contributed by atoms with van der Waals surface area (Å²) in [5, 5.41) is 14.6. The van der Waals surface area contributed by atoms with Gasteiger partial charge in [0.05, 0.1) is 6.10 Å². The largest absolute Gasteiger partial charge is 0.393 e. The Kier molecular flexibility index (Phi) is 6.34. The zero-order valence-corrected chi connectivity index (χ0v) is 20.3. The summed E-state index contributed by atoms with van der Waals surface area (Å²) in [6, 6.07) is 0. The van der Waals surface area contributed by atoms with E-state index in [0.29, 0.717) is 29.6 Å². The molecule has 0 spiro atoms. The van der Waals surface area contributed by atoms with Crippen LogP contribution in [-0.2, 0) is 4.79 Å². The van der Waals surface area contributed by atoms with Gasteiger partial charge in [0.15, 0.2) is 0 Å². The molecule has 0 heterocycles. The van der Waals surface area contributed by atoms with Crippen LogP contribution in [0.4, 0.5) is 0 Å². The zero-order valence-electron chi connectivity index (χ0n) is 20.3. The fourth-order valence-corrected chi connectivity index (χ4v) is 9.24. The maximum absolute atomic E-state index is 12.0. The number of aliphatic hydroxyl groups excluding tert-OH is 1. The van der Waals surface area contributed by atoms with E-state index in [1.54, 1.807) is 0 Å². The predicted octanol–water partition coefficient (Wildman–Crippen LogP) is 5.80. The summed E-state index contributed by atoms with van der Waals surface area (Å²) >= 11 is 0. The Labute approximate surface area is 185 Å². The molecule has 3 heteroatoms. The van der Waals surface area contributed by atoms with Crippen LogP contribution in [0.25, 0.3) is 0 Å². The van der Waals surface area contributed by atoms with Gasteiger partial charge in [-0.25, -0.2) is 0 Å². The number of amides is 1. The van der Waals surface area contributed by atoms with Crippen LogP contribution < -0.4 is 5.32 Å². The molecular weight excluding hydrogens is 370 g/mol. The van der Waals surface area contributed by atoms with E-state index in [9.17, 15) is 9.90 Å². The van der Waals surface area contributed by atoms with E-state index in [2.05, 4.69) is 33.0 Å². The number of aliphatic hydroxyl groups is 1. The van der Waals surface area contributed by atoms with Crippen LogP contribution in [0.1, 0.15) is 98.8 Å². The molecule has 4 fully saturated rings. The monoisotopic (exact) mass is 417 g/mol. The minimum Gasteiger partial charge on any atom is -0.393 e. The van der Waals surface area contributed by atoms with Gasteiger partial charge in [-0.3, -0.25) is 4.79 Å². The Hall–Kier alpha value is -0.570. The third-order valence-corrected chi connectivity index (χ3v) is 11.0. The van der Waals surface area contributed by atoms with E-state index >= 15 is 0 Å². The Morgan fingerprint density at radius 2 is 1.87 bits per heavy atom. The molecule has 3 nitrogen and oxygen atoms in total. The summed E-state index contributed by atoms with van der Waals surface area (Å²) in [7, 11) is 0. The first-order chi connectivity index (χ1) is 14.2. The van der Waals surface area contributed by atoms with Gasteiger partial charge < -0.3 is 10.4 Å². The first kappa shape index (κ1) is 22.6. The summed E-state index contributed by atoms with van der Waals surface area (Å²) in [6.45, 7) is 12.5. The molecule has 4 rings (SSSR count). The second kappa shape index (κ2) is 8.41. The molecule has 4 saturated carbocycles. The number of hydrogen-bond donors (Lipinski definition) is 2. The molecule has 4 aliphatic carbocycles. The topological polar surface area (TPSA) is 49.3 Å². The number of fused-ring (bicyclic) bond motifs is 5. The molecule has 172 valence electrons. The summed E-state index contributed by atoms with van der Waals surface area (Å²) in [6.07, 6.45) is 12.0. The molecule has 10 unspecified atom stereocenters. The van der Waals surface area contributed by atoms with E-state index in [1.165, 1.54) is 44.9 Å². The van der Waals surface area contributed by atoms with Crippen molar-refractivity contribution in [1.29, 1.82) is 0 Å². The van der Waals surface area contributed by atoms with Crippen molar-refractivity contribution in [2.24, 2.45) is 52.3 Å². The van der Waals surface area contributed by atoms with Crippen LogP contribution in [-0.4, -0.2) is 23.7 Å². The van der Waals surface area contributed by atoms with E-state index in [4.69, 9.17) is 0 Å². The maximum atomic E-state index is 12.0. The van der Waals surface area contributed by atoms with E-state index in [0.717, 1.165) is 43.1 Å². The average Bonchev–Trinajstić information content (AvgIpc) is 3.07. The molecule has 2 N–H and O–H groups in total. The van der Waals surface area contributed by atoms with Crippen LogP contribution >= 0.6 is 0 Å². The van der Waals surface area contributed by atoms with Crippen molar-refractivity contribution >= 4 is 5.91 Å². The summed E-state index contributed by atoms with van der Waals surface area (Å²) in [4.78, 5) is 12.0. The van der Waals surface area contributed by atoms with Gasteiger partial charge in [0, 0.05) is 13.0 Å². The first-order valence-electron chi connectivity index (χ1n) is 13.2. The second-order valence-electron chi connectivity index (χ2n) is 12.3. The lowest BCUT2D eigenvalue weighted by Crippen LogP contribution is -2.58. The minimum absolute atomic E-state index is 0.0486. The lowest BCUT2D eigenvalue weighted by atomic mass is 9.43. The summed E-state index contributed by atoms with van der Waals surface area (Å²) in [5.41, 5.74) is 0.507. The Balaban J connectivity index is 1.50. The normalized spacial score (nSPS) is 48.9. The fraction of sp³-hybridized carbons (Fsp3) is 0.963. The summed E-state index contributed by atoms with van der Waals surface area (Å²) < 4.78 is 0. The SMILES string of the molecule is CCNC(=O)CCC(C)C1CCC2C3CCC4CC(C)CCC4(C)C3CC(O)C12C. The summed E-state index contributed by atoms with van der Waals surface area (Å²) in [5.74, 6) is 5.24. The van der Waals surface area contributed by atoms with Gasteiger partial charge in [-0.15, -0.1) is 0 Å². The lowest BCUT2D eigenvalue weighted by molar-refractivity contribution is -0.171. The van der Waals surface area contributed by atoms with E-state index in [-0.39, 0.29) is 17.4 Å². The third-order valence-electron chi connectivity index (χ3n) is 11.0. The van der Waals surface area contributed by atoms with Gasteiger partial charge in [-0.1, -0.05) is 34.1 Å². The fourth-order valence-electron chi connectivity index (χ4n) is 9.24. The molecule has 1 amide bonds. The smallest absolute Gasteiger partial charge is 0.219 e. The van der Waals surface area contributed by atoms with Gasteiger partial charge >= 0.3 is 0 Å². The molecule has 30 heavy (non-hydrogen) atoms. The van der Waals surface area contributed by atoms with Crippen molar-refractivity contribution < 1.29 is 9.90 Å². The molecule has 0 radical (unpaired) electrons. The molecule has 4 aliphatic rings. The molecule has 0 aromatic carbocycles. The van der Waals surface area contributed by atoms with Crippen molar-refractivity contribution in [3.63, 3.8) is 0 Å². The third kappa shape index (κ3) is 3.55. The van der Waals surface area contributed by atoms with Crippen LogP contribution in [0.2, 0.25) is 0 Å². The molecule has 0 saturated heterocycles. The van der Waals surface area contributed by atoms with Crippen molar-refractivity contribution in [1.82, 2.24) is 5.32 Å². The van der Waals surface area contributed by atoms with Crippen molar-refractivity contribution in [3.8, 4) is 0 Å². The number of carbonyl (C=O) groups is 1. The van der Waals surface area contributed by atoms with Crippen molar-refractivity contribution in [2.45, 2.75) is 105 Å². The van der Waals surface area contributed by atoms with Gasteiger partial charge in [0.25, 0.3) is 0 Å². The van der Waals surface area contributed by atoms with Gasteiger partial charge in [0.2, 0.25) is 5.91 Å². The number of rotatable bonds is 5. The van der Waals surface area contributed by atoms with Crippen LogP contribution in [0.5, 0.6) is 0 Å². The molecule has 0 aliphatic heterocycles. The minimum atomic E-state index is -0.168. The zero-order chi connectivity index (χ0) is 21.7. The standard InChI is InChI=1S/C27H47NO2/c1-6-28-25(30)12-7-18(3)21-10-11-22-20-9-8-19-15-17(2)13-14-26(19,4)23(20)16-24(29)27(21,22)5/h17-24,29H,6-16H2,1-5H3,(H,28,30). The highest BCUT2D eigenvalue weighted by molar-refractivity contribution is 5.75. The van der Waals surface area contributed by atoms with Crippen molar-refractivity contribution in [2.75, 3.05) is 6.54 Å². The molecule has 0 aromatic heterocycles. The van der Waals surface area contributed by atoms with E-state index < -0.39 is 0 Å². The predicted molar refractivity (Wildman–Crippen MR) is 123 cm³/mol. The lowest BCUT2D eigenvalue weighted by Gasteiger charge is -2.62. The van der Waals surface area contributed by atoms with Crippen molar-refractivity contribution in [3.05, 3.63) is 0 Å². The second-order valence-corrected chi connectivity index (χ2v) is 12.3. The average molecular weight is 418 g/mol. The van der Waals surface area contributed by atoms with Gasteiger partial charge in [0.1, 0.15) is 0 Å². The van der Waals surface area contributed by atoms with Crippen LogP contribution in [0.15, 0.2) is 0 Å². The molecule has 10 atom stereocenters. The highest BCUT2D eigenvalue weighted by Crippen LogP contribution is 2.68. The van der Waals surface area contributed by atoms with E-state index in [1.807, 2.05) is 6.92 Å². The first-order valence-corrected chi connectivity index (χ1v) is 13.2. The molecular formula is C27H47NO2. The highest BCUT2D eigenvalue weighted by atomic mass is 16.3. The van der Waals surface area contributed by atoms with Crippen LogP contribution in [0.3, 0.4) is 0 Å². The highest BCUT2D eigenvalue weighted by Gasteiger charge is 2.63. The Morgan fingerprint density at radius 3 is 2.60 bits per heavy atom. The molecule has 0 aromatic rings. The number of nitrogens with one attached hydrogen (secondary N) is 1. The molecule has 0 bridgehead atoms. The Morgan fingerprint density at radius 1 is 1.10 bits per heavy atom.